The van der Waals surface area contributed by atoms with Gasteiger partial charge in [0.2, 0.25) is 0 Å². The van der Waals surface area contributed by atoms with Gasteiger partial charge in [-0.3, -0.25) is 0 Å². The molecule has 0 atom stereocenters. The Hall–Kier alpha value is -1.81. The first-order valence-electron chi connectivity index (χ1n) is 5.77. The van der Waals surface area contributed by atoms with Crippen molar-refractivity contribution in [2.75, 3.05) is 20.3 Å². The third-order valence-corrected chi connectivity index (χ3v) is 2.39. The molecule has 4 nitrogen and oxygen atoms in total. The minimum Gasteiger partial charge on any atom is -0.493 e. The summed E-state index contributed by atoms with van der Waals surface area (Å²) in [5.41, 5.74) is 1.76. The zero-order valence-corrected chi connectivity index (χ0v) is 10.7. The number of aryl methyl sites for hydroxylation is 1. The first kappa shape index (κ1) is 14.3. The minimum absolute atomic E-state index is 0.548. The lowest BCUT2D eigenvalue weighted by atomic mass is 10.1. The number of carboxylic acid groups (broad SMARTS) is 1. The molecular weight excluding hydrogens is 232 g/mol. The molecule has 0 spiro atoms. The Bertz CT molecular complexity index is 424. The molecule has 1 aromatic rings. The number of hydrogen-bond donors (Lipinski definition) is 1. The van der Waals surface area contributed by atoms with Gasteiger partial charge in [-0.05, 0) is 18.6 Å². The molecule has 0 heterocycles. The molecule has 0 unspecified atom stereocenters. The van der Waals surface area contributed by atoms with Gasteiger partial charge in [-0.2, -0.15) is 0 Å². The van der Waals surface area contributed by atoms with E-state index in [0.717, 1.165) is 29.4 Å². The smallest absolute Gasteiger partial charge is 0.328 e. The molecule has 1 aromatic carbocycles. The van der Waals surface area contributed by atoms with E-state index >= 15 is 0 Å². The van der Waals surface area contributed by atoms with E-state index in [4.69, 9.17) is 14.6 Å². The highest BCUT2D eigenvalue weighted by Gasteiger charge is 2.04. The highest BCUT2D eigenvalue weighted by Crippen LogP contribution is 2.24. The van der Waals surface area contributed by atoms with Crippen LogP contribution in [0.15, 0.2) is 24.3 Å². The van der Waals surface area contributed by atoms with Crippen LogP contribution in [-0.4, -0.2) is 31.4 Å². The fourth-order valence-electron chi connectivity index (χ4n) is 1.54. The molecule has 18 heavy (non-hydrogen) atoms. The lowest BCUT2D eigenvalue weighted by molar-refractivity contribution is -0.131. The van der Waals surface area contributed by atoms with Gasteiger partial charge in [-0.1, -0.05) is 18.2 Å². The van der Waals surface area contributed by atoms with Crippen molar-refractivity contribution in [3.63, 3.8) is 0 Å². The van der Waals surface area contributed by atoms with E-state index in [1.54, 1.807) is 13.2 Å². The molecule has 0 amide bonds. The van der Waals surface area contributed by atoms with Crippen LogP contribution in [-0.2, 0) is 9.53 Å². The zero-order chi connectivity index (χ0) is 13.4. The third-order valence-electron chi connectivity index (χ3n) is 2.39. The fraction of sp³-hybridized carbons (Fsp3) is 0.357. The van der Waals surface area contributed by atoms with Crippen molar-refractivity contribution in [2.45, 2.75) is 13.3 Å². The van der Waals surface area contributed by atoms with Gasteiger partial charge in [0.1, 0.15) is 5.75 Å². The van der Waals surface area contributed by atoms with Gasteiger partial charge < -0.3 is 14.6 Å². The van der Waals surface area contributed by atoms with Crippen molar-refractivity contribution in [1.29, 1.82) is 0 Å². The van der Waals surface area contributed by atoms with E-state index in [1.165, 1.54) is 0 Å². The van der Waals surface area contributed by atoms with E-state index in [0.29, 0.717) is 13.2 Å². The minimum atomic E-state index is -0.971. The Morgan fingerprint density at radius 1 is 1.39 bits per heavy atom. The highest BCUT2D eigenvalue weighted by molar-refractivity contribution is 5.86. The van der Waals surface area contributed by atoms with Crippen molar-refractivity contribution in [1.82, 2.24) is 0 Å². The van der Waals surface area contributed by atoms with Crippen molar-refractivity contribution in [3.8, 4) is 5.75 Å². The largest absolute Gasteiger partial charge is 0.493 e. The number of methoxy groups -OCH3 is 1. The maximum absolute atomic E-state index is 10.5. The summed E-state index contributed by atoms with van der Waals surface area (Å²) in [5.74, 6) is -0.243. The summed E-state index contributed by atoms with van der Waals surface area (Å²) in [5, 5.41) is 8.64. The van der Waals surface area contributed by atoms with Gasteiger partial charge >= 0.3 is 5.97 Å². The number of carbonyl (C=O) groups is 1. The van der Waals surface area contributed by atoms with E-state index in [9.17, 15) is 4.79 Å². The molecule has 98 valence electrons. The van der Waals surface area contributed by atoms with E-state index in [-0.39, 0.29) is 0 Å². The summed E-state index contributed by atoms with van der Waals surface area (Å²) in [6.45, 7) is 3.13. The van der Waals surface area contributed by atoms with Crippen LogP contribution in [0.4, 0.5) is 0 Å². The zero-order valence-electron chi connectivity index (χ0n) is 10.7. The van der Waals surface area contributed by atoms with E-state index in [2.05, 4.69) is 0 Å². The molecule has 0 fully saturated rings. The number of carboxylic acids is 1. The Labute approximate surface area is 107 Å². The molecule has 1 rings (SSSR count). The molecule has 1 N–H and O–H groups in total. The standard InChI is InChI=1S/C14H18O4/c1-11-5-3-6-12(7-8-13(15)16)14(11)18-10-4-9-17-2/h3,5-8H,4,9-10H2,1-2H3,(H,15,16)/b8-7+. The number of hydrogen-bond acceptors (Lipinski definition) is 3. The first-order valence-corrected chi connectivity index (χ1v) is 5.77. The summed E-state index contributed by atoms with van der Waals surface area (Å²) in [4.78, 5) is 10.5. The van der Waals surface area contributed by atoms with Crippen LogP contribution in [0, 0.1) is 6.92 Å². The quantitative estimate of drug-likeness (QED) is 0.596. The van der Waals surface area contributed by atoms with Crippen LogP contribution >= 0.6 is 0 Å². The number of aliphatic carboxylic acids is 1. The Morgan fingerprint density at radius 3 is 2.83 bits per heavy atom. The summed E-state index contributed by atoms with van der Waals surface area (Å²) >= 11 is 0. The van der Waals surface area contributed by atoms with Crippen molar-refractivity contribution >= 4 is 12.0 Å². The topological polar surface area (TPSA) is 55.8 Å². The summed E-state index contributed by atoms with van der Waals surface area (Å²) < 4.78 is 10.6. The van der Waals surface area contributed by atoms with Crippen LogP contribution in [0.1, 0.15) is 17.5 Å². The average molecular weight is 250 g/mol. The van der Waals surface area contributed by atoms with Crippen LogP contribution in [0.2, 0.25) is 0 Å². The summed E-state index contributed by atoms with van der Waals surface area (Å²) in [7, 11) is 1.65. The number of para-hydroxylation sites is 1. The molecule has 0 aliphatic carbocycles. The van der Waals surface area contributed by atoms with Crippen LogP contribution in [0.3, 0.4) is 0 Å². The molecule has 4 heteroatoms. The molecule has 0 bridgehead atoms. The van der Waals surface area contributed by atoms with Crippen LogP contribution in [0.25, 0.3) is 6.08 Å². The van der Waals surface area contributed by atoms with E-state index in [1.807, 2.05) is 25.1 Å². The summed E-state index contributed by atoms with van der Waals surface area (Å²) in [6.07, 6.45) is 3.45. The van der Waals surface area contributed by atoms with Crippen molar-refractivity contribution in [3.05, 3.63) is 35.4 Å². The van der Waals surface area contributed by atoms with Crippen molar-refractivity contribution in [2.24, 2.45) is 0 Å². The Balaban J connectivity index is 2.77. The molecule has 0 aromatic heterocycles. The van der Waals surface area contributed by atoms with Gasteiger partial charge in [0.15, 0.2) is 0 Å². The van der Waals surface area contributed by atoms with Gasteiger partial charge in [-0.25, -0.2) is 4.79 Å². The average Bonchev–Trinajstić information content (AvgIpc) is 2.34. The molecule has 0 saturated carbocycles. The van der Waals surface area contributed by atoms with E-state index < -0.39 is 5.97 Å². The van der Waals surface area contributed by atoms with Gasteiger partial charge in [0.25, 0.3) is 0 Å². The monoisotopic (exact) mass is 250 g/mol. The molecule has 0 aliphatic rings. The number of rotatable bonds is 7. The van der Waals surface area contributed by atoms with Gasteiger partial charge in [-0.15, -0.1) is 0 Å². The summed E-state index contributed by atoms with van der Waals surface area (Å²) in [6, 6.07) is 5.64. The molecule has 0 aliphatic heterocycles. The van der Waals surface area contributed by atoms with Gasteiger partial charge in [0.05, 0.1) is 6.61 Å². The highest BCUT2D eigenvalue weighted by atomic mass is 16.5. The second-order valence-corrected chi connectivity index (χ2v) is 3.86. The Kier molecular flexibility index (Phi) is 5.94. The maximum atomic E-state index is 10.5. The molecule has 0 radical (unpaired) electrons. The SMILES string of the molecule is COCCCOc1c(C)cccc1/C=C/C(=O)O. The van der Waals surface area contributed by atoms with Gasteiger partial charge in [0, 0.05) is 31.8 Å². The number of benzene rings is 1. The predicted molar refractivity (Wildman–Crippen MR) is 69.8 cm³/mol. The third kappa shape index (κ3) is 4.59. The lowest BCUT2D eigenvalue weighted by Crippen LogP contribution is -2.03. The fourth-order valence-corrected chi connectivity index (χ4v) is 1.54. The maximum Gasteiger partial charge on any atom is 0.328 e. The van der Waals surface area contributed by atoms with Crippen LogP contribution in [0.5, 0.6) is 5.75 Å². The number of ether oxygens (including phenoxy) is 2. The van der Waals surface area contributed by atoms with Crippen LogP contribution < -0.4 is 4.74 Å². The second kappa shape index (κ2) is 7.50. The predicted octanol–water partition coefficient (Wildman–Crippen LogP) is 2.51. The van der Waals surface area contributed by atoms with Crippen molar-refractivity contribution < 1.29 is 19.4 Å². The second-order valence-electron chi connectivity index (χ2n) is 3.86. The molecular formula is C14H18O4. The first-order chi connectivity index (χ1) is 8.65. The normalized spacial score (nSPS) is 10.8. The molecule has 0 saturated heterocycles. The Morgan fingerprint density at radius 2 is 2.17 bits per heavy atom. The lowest BCUT2D eigenvalue weighted by Gasteiger charge is -2.11.